The van der Waals surface area contributed by atoms with E-state index in [2.05, 4.69) is 17.0 Å². The number of nitrogens with two attached hydrogens (primary N) is 1. The van der Waals surface area contributed by atoms with Gasteiger partial charge in [-0.3, -0.25) is 4.68 Å². The van der Waals surface area contributed by atoms with Gasteiger partial charge in [0.05, 0.1) is 12.2 Å². The van der Waals surface area contributed by atoms with Crippen molar-refractivity contribution in [3.8, 4) is 0 Å². The van der Waals surface area contributed by atoms with Gasteiger partial charge in [-0.2, -0.15) is 5.10 Å². The van der Waals surface area contributed by atoms with Crippen LogP contribution in [0.25, 0.3) is 0 Å². The molecule has 0 atom stereocenters. The van der Waals surface area contributed by atoms with E-state index in [1.54, 1.807) is 22.2 Å². The number of nitrogens with zero attached hydrogens (tertiary/aromatic N) is 3. The first-order valence-corrected chi connectivity index (χ1v) is 5.67. The Labute approximate surface area is 96.7 Å². The summed E-state index contributed by atoms with van der Waals surface area (Å²) in [6.45, 7) is 4.68. The molecular formula is C9H11ClN4S. The third kappa shape index (κ3) is 2.13. The monoisotopic (exact) mass is 242 g/mol. The summed E-state index contributed by atoms with van der Waals surface area (Å²) in [7, 11) is 0. The molecule has 0 aliphatic rings. The lowest BCUT2D eigenvalue weighted by atomic mass is 10.4. The van der Waals surface area contributed by atoms with E-state index in [9.17, 15) is 0 Å². The van der Waals surface area contributed by atoms with Crippen LogP contribution in [-0.2, 0) is 6.54 Å². The van der Waals surface area contributed by atoms with Crippen molar-refractivity contribution < 1.29 is 0 Å². The van der Waals surface area contributed by atoms with E-state index in [4.69, 9.17) is 17.3 Å². The second kappa shape index (κ2) is 3.83. The number of thiazole rings is 1. The maximum absolute atomic E-state index is 5.81. The first-order valence-electron chi connectivity index (χ1n) is 4.47. The highest BCUT2D eigenvalue weighted by Gasteiger charge is 2.07. The average molecular weight is 243 g/mol. The van der Waals surface area contributed by atoms with Crippen LogP contribution >= 0.6 is 22.9 Å². The third-order valence-corrected chi connectivity index (χ3v) is 3.46. The Bertz CT molecular complexity index is 405. The molecule has 15 heavy (non-hydrogen) atoms. The zero-order chi connectivity index (χ0) is 11.0. The Balaban J connectivity index is 2.21. The van der Waals surface area contributed by atoms with E-state index >= 15 is 0 Å². The Morgan fingerprint density at radius 1 is 1.53 bits per heavy atom. The lowest BCUT2D eigenvalue weighted by molar-refractivity contribution is 0.685. The summed E-state index contributed by atoms with van der Waals surface area (Å²) in [6.07, 6.45) is 1.71. The summed E-state index contributed by atoms with van der Waals surface area (Å²) < 4.78 is 1.70. The Hall–Kier alpha value is -1.07. The molecule has 2 aromatic rings. The fraction of sp³-hybridized carbons (Fsp3) is 0.333. The van der Waals surface area contributed by atoms with Crippen LogP contribution < -0.4 is 5.73 Å². The number of nitrogen functional groups attached to an aromatic ring is 1. The molecule has 0 aliphatic heterocycles. The van der Waals surface area contributed by atoms with Crippen LogP contribution in [0.3, 0.4) is 0 Å². The first-order chi connectivity index (χ1) is 7.06. The fourth-order valence-corrected chi connectivity index (χ4v) is 2.31. The topological polar surface area (TPSA) is 56.7 Å². The minimum Gasteiger partial charge on any atom is -0.381 e. The van der Waals surface area contributed by atoms with E-state index in [0.717, 1.165) is 10.7 Å². The lowest BCUT2D eigenvalue weighted by Gasteiger charge is -1.95. The van der Waals surface area contributed by atoms with Crippen LogP contribution in [0, 0.1) is 13.8 Å². The van der Waals surface area contributed by atoms with Gasteiger partial charge in [0.25, 0.3) is 0 Å². The van der Waals surface area contributed by atoms with Crippen LogP contribution in [0.2, 0.25) is 5.02 Å². The van der Waals surface area contributed by atoms with Crippen molar-refractivity contribution in [2.75, 3.05) is 5.73 Å². The molecule has 4 nitrogen and oxygen atoms in total. The number of anilines is 1. The summed E-state index contributed by atoms with van der Waals surface area (Å²) in [5, 5.41) is 5.58. The minimum atomic E-state index is 0.363. The molecular weight excluding hydrogens is 232 g/mol. The van der Waals surface area contributed by atoms with E-state index in [1.165, 1.54) is 4.88 Å². The zero-order valence-electron chi connectivity index (χ0n) is 8.49. The van der Waals surface area contributed by atoms with Crippen molar-refractivity contribution in [2.45, 2.75) is 20.4 Å². The largest absolute Gasteiger partial charge is 0.381 e. The highest BCUT2D eigenvalue weighted by molar-refractivity contribution is 7.11. The van der Waals surface area contributed by atoms with Crippen LogP contribution in [-0.4, -0.2) is 14.8 Å². The van der Waals surface area contributed by atoms with Crippen molar-refractivity contribution in [1.82, 2.24) is 14.8 Å². The Morgan fingerprint density at radius 3 is 2.73 bits per heavy atom. The van der Waals surface area contributed by atoms with Gasteiger partial charge in [-0.15, -0.1) is 11.3 Å². The molecule has 0 bridgehead atoms. The standard InChI is InChI=1S/C9H11ClN4S/c1-5-6(2)15-8(12-5)4-14-3-7(10)9(11)13-14/h3H,4H2,1-2H3,(H2,11,13). The predicted molar refractivity (Wildman–Crippen MR) is 62.3 cm³/mol. The van der Waals surface area contributed by atoms with E-state index in [0.29, 0.717) is 17.4 Å². The van der Waals surface area contributed by atoms with Crippen LogP contribution in [0.1, 0.15) is 15.6 Å². The second-order valence-corrected chi connectivity index (χ2v) is 5.00. The molecule has 0 saturated carbocycles. The molecule has 2 aromatic heterocycles. The van der Waals surface area contributed by atoms with Gasteiger partial charge in [-0.25, -0.2) is 4.98 Å². The molecule has 0 saturated heterocycles. The smallest absolute Gasteiger partial charge is 0.164 e. The number of aryl methyl sites for hydroxylation is 2. The zero-order valence-corrected chi connectivity index (χ0v) is 10.1. The molecule has 0 aliphatic carbocycles. The lowest BCUT2D eigenvalue weighted by Crippen LogP contribution is -2.00. The Morgan fingerprint density at radius 2 is 2.27 bits per heavy atom. The van der Waals surface area contributed by atoms with E-state index in [1.807, 2.05) is 6.92 Å². The van der Waals surface area contributed by atoms with Gasteiger partial charge < -0.3 is 5.73 Å². The average Bonchev–Trinajstić information content (AvgIpc) is 2.59. The number of hydrogen-bond acceptors (Lipinski definition) is 4. The normalized spacial score (nSPS) is 10.9. The fourth-order valence-electron chi connectivity index (χ4n) is 1.24. The number of aromatic nitrogens is 3. The predicted octanol–water partition coefficient (Wildman–Crippen LogP) is 2.24. The highest BCUT2D eigenvalue weighted by Crippen LogP contribution is 2.20. The van der Waals surface area contributed by atoms with Gasteiger partial charge in [0, 0.05) is 11.1 Å². The molecule has 0 aromatic carbocycles. The molecule has 0 fully saturated rings. The molecule has 0 radical (unpaired) electrons. The van der Waals surface area contributed by atoms with Crippen molar-refractivity contribution in [1.29, 1.82) is 0 Å². The van der Waals surface area contributed by atoms with Gasteiger partial charge in [0.1, 0.15) is 10.0 Å². The number of rotatable bonds is 2. The van der Waals surface area contributed by atoms with Gasteiger partial charge >= 0.3 is 0 Å². The van der Waals surface area contributed by atoms with Crippen molar-refractivity contribution in [3.05, 3.63) is 26.8 Å². The minimum absolute atomic E-state index is 0.363. The highest BCUT2D eigenvalue weighted by atomic mass is 35.5. The maximum atomic E-state index is 5.81. The quantitative estimate of drug-likeness (QED) is 0.879. The van der Waals surface area contributed by atoms with Gasteiger partial charge in [0.15, 0.2) is 5.82 Å². The molecule has 2 rings (SSSR count). The third-order valence-electron chi connectivity index (χ3n) is 2.11. The summed E-state index contributed by atoms with van der Waals surface area (Å²) in [6, 6.07) is 0. The molecule has 0 amide bonds. The van der Waals surface area contributed by atoms with Crippen LogP contribution in [0.5, 0.6) is 0 Å². The molecule has 80 valence electrons. The molecule has 2 heterocycles. The van der Waals surface area contributed by atoms with E-state index < -0.39 is 0 Å². The summed E-state index contributed by atoms with van der Waals surface area (Å²) in [5.74, 6) is 0.363. The molecule has 0 unspecified atom stereocenters. The van der Waals surface area contributed by atoms with Gasteiger partial charge in [0.2, 0.25) is 0 Å². The molecule has 2 N–H and O–H groups in total. The summed E-state index contributed by atoms with van der Waals surface area (Å²) in [4.78, 5) is 5.65. The number of halogens is 1. The number of hydrogen-bond donors (Lipinski definition) is 1. The summed E-state index contributed by atoms with van der Waals surface area (Å²) >= 11 is 7.48. The van der Waals surface area contributed by atoms with Gasteiger partial charge in [-0.05, 0) is 13.8 Å². The van der Waals surface area contributed by atoms with Crippen molar-refractivity contribution >= 4 is 28.8 Å². The first kappa shape index (κ1) is 10.4. The van der Waals surface area contributed by atoms with Crippen LogP contribution in [0.15, 0.2) is 6.20 Å². The molecule has 0 spiro atoms. The van der Waals surface area contributed by atoms with Gasteiger partial charge in [-0.1, -0.05) is 11.6 Å². The second-order valence-electron chi connectivity index (χ2n) is 3.31. The maximum Gasteiger partial charge on any atom is 0.164 e. The van der Waals surface area contributed by atoms with Crippen LogP contribution in [0.4, 0.5) is 5.82 Å². The van der Waals surface area contributed by atoms with E-state index in [-0.39, 0.29) is 0 Å². The van der Waals surface area contributed by atoms with Crippen molar-refractivity contribution in [3.63, 3.8) is 0 Å². The molecule has 6 heteroatoms. The SMILES string of the molecule is Cc1nc(Cn2cc(Cl)c(N)n2)sc1C. The Kier molecular flexibility index (Phi) is 2.67. The van der Waals surface area contributed by atoms with Crippen molar-refractivity contribution in [2.24, 2.45) is 0 Å². The summed E-state index contributed by atoms with van der Waals surface area (Å²) in [5.41, 5.74) is 6.62.